The van der Waals surface area contributed by atoms with Crippen molar-refractivity contribution < 1.29 is 4.42 Å². The molecule has 0 spiro atoms. The van der Waals surface area contributed by atoms with E-state index in [0.29, 0.717) is 17.5 Å². The SMILES string of the molecule is Cc1ccc2sc(-c3ccc(-c4nc(-c5ccccc5)nc(-c5cccc(-c6cccc7c6oc6ccccc67)c5)n4)cc3)nc2c1. The van der Waals surface area contributed by atoms with E-state index in [2.05, 4.69) is 85.8 Å². The number of para-hydroxylation sites is 2. The smallest absolute Gasteiger partial charge is 0.164 e. The van der Waals surface area contributed by atoms with Crippen LogP contribution in [0, 0.1) is 6.92 Å². The van der Waals surface area contributed by atoms with Crippen molar-refractivity contribution in [2.24, 2.45) is 0 Å². The van der Waals surface area contributed by atoms with Crippen molar-refractivity contribution >= 4 is 43.5 Å². The Hall–Kier alpha value is -5.98. The molecule has 3 aromatic heterocycles. The lowest BCUT2D eigenvalue weighted by molar-refractivity contribution is 0.670. The molecule has 5 nitrogen and oxygen atoms in total. The predicted octanol–water partition coefficient (Wildman–Crippen LogP) is 11.0. The zero-order valence-electron chi connectivity index (χ0n) is 25.4. The monoisotopic (exact) mass is 622 g/mol. The number of benzene rings is 6. The van der Waals surface area contributed by atoms with Crippen molar-refractivity contribution in [1.29, 1.82) is 0 Å². The predicted molar refractivity (Wildman–Crippen MR) is 192 cm³/mol. The van der Waals surface area contributed by atoms with E-state index in [9.17, 15) is 0 Å². The number of nitrogens with zero attached hydrogens (tertiary/aromatic N) is 4. The third-order valence-electron chi connectivity index (χ3n) is 8.44. The van der Waals surface area contributed by atoms with Crippen LogP contribution in [0.5, 0.6) is 0 Å². The highest BCUT2D eigenvalue weighted by Gasteiger charge is 2.16. The number of rotatable bonds is 5. The Labute approximate surface area is 274 Å². The Morgan fingerprint density at radius 1 is 0.489 bits per heavy atom. The zero-order valence-corrected chi connectivity index (χ0v) is 26.2. The van der Waals surface area contributed by atoms with Crippen molar-refractivity contribution in [3.8, 4) is 55.9 Å². The first-order valence-electron chi connectivity index (χ1n) is 15.5. The second kappa shape index (κ2) is 11.1. The van der Waals surface area contributed by atoms with Gasteiger partial charge < -0.3 is 4.42 Å². The quantitative estimate of drug-likeness (QED) is 0.191. The lowest BCUT2D eigenvalue weighted by Crippen LogP contribution is -2.00. The van der Waals surface area contributed by atoms with Crippen LogP contribution < -0.4 is 0 Å². The summed E-state index contributed by atoms with van der Waals surface area (Å²) in [5.74, 6) is 1.85. The maximum Gasteiger partial charge on any atom is 0.164 e. The fourth-order valence-electron chi connectivity index (χ4n) is 6.07. The molecule has 0 amide bonds. The molecule has 222 valence electrons. The lowest BCUT2D eigenvalue weighted by Gasteiger charge is -2.10. The van der Waals surface area contributed by atoms with E-state index in [-0.39, 0.29) is 0 Å². The van der Waals surface area contributed by atoms with Gasteiger partial charge in [0.25, 0.3) is 0 Å². The first-order valence-corrected chi connectivity index (χ1v) is 16.3. The maximum atomic E-state index is 6.36. The summed E-state index contributed by atoms with van der Waals surface area (Å²) in [6, 6.07) is 47.6. The Bertz CT molecular complexity index is 2590. The topological polar surface area (TPSA) is 64.7 Å². The standard InChI is InChI=1S/C41H26N4OS/c1-25-17-22-36-34(23-25)42-41(47-36)28-20-18-27(19-21-28)39-43-38(26-9-3-2-4-10-26)44-40(45-39)30-12-7-11-29(24-30)31-14-8-15-33-32-13-5-6-16-35(32)46-37(31)33/h2-24H,1H3. The highest BCUT2D eigenvalue weighted by molar-refractivity contribution is 7.21. The van der Waals surface area contributed by atoms with Gasteiger partial charge in [0, 0.05) is 38.6 Å². The summed E-state index contributed by atoms with van der Waals surface area (Å²) >= 11 is 1.70. The van der Waals surface area contributed by atoms with E-state index < -0.39 is 0 Å². The molecule has 0 fully saturated rings. The maximum absolute atomic E-state index is 6.36. The van der Waals surface area contributed by atoms with Crippen LogP contribution in [0.2, 0.25) is 0 Å². The fourth-order valence-corrected chi connectivity index (χ4v) is 7.03. The van der Waals surface area contributed by atoms with Gasteiger partial charge in [0.1, 0.15) is 16.2 Å². The molecule has 9 aromatic rings. The number of thiazole rings is 1. The summed E-state index contributed by atoms with van der Waals surface area (Å²) in [6.45, 7) is 2.09. The van der Waals surface area contributed by atoms with Gasteiger partial charge in [-0.3, -0.25) is 0 Å². The molecular formula is C41H26N4OS. The van der Waals surface area contributed by atoms with Gasteiger partial charge in [0.15, 0.2) is 17.5 Å². The minimum Gasteiger partial charge on any atom is -0.455 e. The number of aryl methyl sites for hydroxylation is 1. The van der Waals surface area contributed by atoms with Crippen molar-refractivity contribution in [3.05, 3.63) is 145 Å². The Morgan fingerprint density at radius 2 is 1.13 bits per heavy atom. The number of hydrogen-bond donors (Lipinski definition) is 0. The third-order valence-corrected chi connectivity index (χ3v) is 9.52. The zero-order chi connectivity index (χ0) is 31.3. The van der Waals surface area contributed by atoms with Crippen molar-refractivity contribution in [3.63, 3.8) is 0 Å². The van der Waals surface area contributed by atoms with Crippen LogP contribution in [0.25, 0.3) is 88.0 Å². The number of furan rings is 1. The molecule has 0 bridgehead atoms. The molecule has 0 unspecified atom stereocenters. The van der Waals surface area contributed by atoms with Crippen molar-refractivity contribution in [2.45, 2.75) is 6.92 Å². The van der Waals surface area contributed by atoms with Crippen LogP contribution in [-0.2, 0) is 0 Å². The van der Waals surface area contributed by atoms with E-state index >= 15 is 0 Å². The van der Waals surface area contributed by atoms with Crippen LogP contribution in [0.3, 0.4) is 0 Å². The molecule has 0 saturated heterocycles. The number of fused-ring (bicyclic) bond motifs is 4. The lowest BCUT2D eigenvalue weighted by atomic mass is 10.00. The largest absolute Gasteiger partial charge is 0.455 e. The van der Waals surface area contributed by atoms with Gasteiger partial charge in [-0.2, -0.15) is 0 Å². The van der Waals surface area contributed by atoms with Gasteiger partial charge in [-0.25, -0.2) is 19.9 Å². The van der Waals surface area contributed by atoms with Crippen LogP contribution in [0.1, 0.15) is 5.56 Å². The van der Waals surface area contributed by atoms with Crippen molar-refractivity contribution in [1.82, 2.24) is 19.9 Å². The minimum atomic E-state index is 0.609. The molecule has 47 heavy (non-hydrogen) atoms. The molecule has 0 N–H and O–H groups in total. The second-order valence-corrected chi connectivity index (χ2v) is 12.6. The molecule has 0 aliphatic carbocycles. The Kier molecular flexibility index (Phi) is 6.47. The Morgan fingerprint density at radius 3 is 1.96 bits per heavy atom. The highest BCUT2D eigenvalue weighted by atomic mass is 32.1. The van der Waals surface area contributed by atoms with Gasteiger partial charge in [-0.05, 0) is 42.3 Å². The Balaban J connectivity index is 1.14. The molecule has 0 atom stereocenters. The van der Waals surface area contributed by atoms with Gasteiger partial charge in [-0.15, -0.1) is 11.3 Å². The molecule has 3 heterocycles. The summed E-state index contributed by atoms with van der Waals surface area (Å²) in [7, 11) is 0. The molecule has 6 aromatic carbocycles. The molecule has 0 aliphatic rings. The third kappa shape index (κ3) is 4.96. The van der Waals surface area contributed by atoms with Crippen LogP contribution >= 0.6 is 11.3 Å². The summed E-state index contributed by atoms with van der Waals surface area (Å²) in [5.41, 5.74) is 9.86. The van der Waals surface area contributed by atoms with E-state index in [4.69, 9.17) is 24.4 Å². The van der Waals surface area contributed by atoms with Crippen LogP contribution in [0.15, 0.2) is 144 Å². The van der Waals surface area contributed by atoms with Crippen LogP contribution in [0.4, 0.5) is 0 Å². The van der Waals surface area contributed by atoms with E-state index in [1.807, 2.05) is 60.7 Å². The second-order valence-electron chi connectivity index (χ2n) is 11.6. The molecular weight excluding hydrogens is 597 g/mol. The average molecular weight is 623 g/mol. The molecule has 9 rings (SSSR count). The first-order chi connectivity index (χ1) is 23.2. The molecule has 6 heteroatoms. The van der Waals surface area contributed by atoms with E-state index in [0.717, 1.165) is 65.8 Å². The van der Waals surface area contributed by atoms with Crippen LogP contribution in [-0.4, -0.2) is 19.9 Å². The van der Waals surface area contributed by atoms with Gasteiger partial charge in [0.2, 0.25) is 0 Å². The van der Waals surface area contributed by atoms with E-state index in [1.54, 1.807) is 11.3 Å². The molecule has 0 radical (unpaired) electrons. The first kappa shape index (κ1) is 27.3. The summed E-state index contributed by atoms with van der Waals surface area (Å²) in [5, 5.41) is 3.20. The van der Waals surface area contributed by atoms with E-state index in [1.165, 1.54) is 10.3 Å². The van der Waals surface area contributed by atoms with Gasteiger partial charge >= 0.3 is 0 Å². The normalized spacial score (nSPS) is 11.5. The van der Waals surface area contributed by atoms with Gasteiger partial charge in [0.05, 0.1) is 10.2 Å². The minimum absolute atomic E-state index is 0.609. The number of aromatic nitrogens is 4. The summed E-state index contributed by atoms with van der Waals surface area (Å²) in [4.78, 5) is 19.8. The van der Waals surface area contributed by atoms with Crippen molar-refractivity contribution in [2.75, 3.05) is 0 Å². The summed E-state index contributed by atoms with van der Waals surface area (Å²) in [6.07, 6.45) is 0. The number of hydrogen-bond acceptors (Lipinski definition) is 6. The average Bonchev–Trinajstić information content (AvgIpc) is 3.73. The highest BCUT2D eigenvalue weighted by Crippen LogP contribution is 2.37. The summed E-state index contributed by atoms with van der Waals surface area (Å²) < 4.78 is 7.54. The van der Waals surface area contributed by atoms with Gasteiger partial charge in [-0.1, -0.05) is 115 Å². The fraction of sp³-hybridized carbons (Fsp3) is 0.0244. The molecule has 0 aliphatic heterocycles. The molecule has 0 saturated carbocycles.